The highest BCUT2D eigenvalue weighted by molar-refractivity contribution is 5.93. The zero-order valence-electron chi connectivity index (χ0n) is 13.4. The summed E-state index contributed by atoms with van der Waals surface area (Å²) in [6.45, 7) is -0.416. The van der Waals surface area contributed by atoms with Crippen LogP contribution in [-0.2, 0) is 9.63 Å². The van der Waals surface area contributed by atoms with Crippen LogP contribution in [0.5, 0.6) is 0 Å². The molecule has 3 rings (SSSR count). The van der Waals surface area contributed by atoms with Crippen molar-refractivity contribution in [1.29, 1.82) is 0 Å². The predicted molar refractivity (Wildman–Crippen MR) is 83.9 cm³/mol. The van der Waals surface area contributed by atoms with Crippen molar-refractivity contribution in [1.82, 2.24) is 0 Å². The summed E-state index contributed by atoms with van der Waals surface area (Å²) in [7, 11) is 0. The van der Waals surface area contributed by atoms with Gasteiger partial charge in [-0.2, -0.15) is 0 Å². The molecule has 3 fully saturated rings. The Kier molecular flexibility index (Phi) is 5.21. The summed E-state index contributed by atoms with van der Waals surface area (Å²) in [6.07, 6.45) is 7.38. The lowest BCUT2D eigenvalue weighted by Gasteiger charge is -2.33. The van der Waals surface area contributed by atoms with Crippen molar-refractivity contribution in [3.05, 3.63) is 0 Å². The van der Waals surface area contributed by atoms with Gasteiger partial charge in [-0.05, 0) is 56.3 Å². The summed E-state index contributed by atoms with van der Waals surface area (Å²) < 4.78 is 0. The molecule has 0 aliphatic heterocycles. The van der Waals surface area contributed by atoms with E-state index >= 15 is 0 Å². The van der Waals surface area contributed by atoms with Gasteiger partial charge >= 0.3 is 5.97 Å². The predicted octanol–water partition coefficient (Wildman–Crippen LogP) is 1.79. The summed E-state index contributed by atoms with van der Waals surface area (Å²) in [4.78, 5) is 15.2. The van der Waals surface area contributed by atoms with Gasteiger partial charge in [0.15, 0.2) is 0 Å². The normalized spacial score (nSPS) is 36.7. The molecule has 0 spiro atoms. The maximum atomic E-state index is 10.4. The van der Waals surface area contributed by atoms with Crippen LogP contribution in [0.3, 0.4) is 0 Å². The smallest absolute Gasteiger partial charge is 0.344 e. The monoisotopic (exact) mass is 325 g/mol. The molecule has 23 heavy (non-hydrogen) atoms. The van der Waals surface area contributed by atoms with E-state index in [-0.39, 0.29) is 30.0 Å². The van der Waals surface area contributed by atoms with Gasteiger partial charge in [-0.1, -0.05) is 18.0 Å². The van der Waals surface area contributed by atoms with Crippen molar-refractivity contribution in [2.75, 3.05) is 6.61 Å². The maximum Gasteiger partial charge on any atom is 0.344 e. The van der Waals surface area contributed by atoms with E-state index in [1.165, 1.54) is 12.8 Å². The fourth-order valence-corrected chi connectivity index (χ4v) is 4.63. The number of aliphatic hydroxyl groups excluding tert-OH is 2. The van der Waals surface area contributed by atoms with E-state index in [2.05, 4.69) is 5.16 Å². The fraction of sp³-hybridized carbons (Fsp3) is 0.882. The summed E-state index contributed by atoms with van der Waals surface area (Å²) in [5.41, 5.74) is 0.883. The second-order valence-electron chi connectivity index (χ2n) is 7.40. The first-order chi connectivity index (χ1) is 11.1. The highest BCUT2D eigenvalue weighted by Crippen LogP contribution is 2.49. The van der Waals surface area contributed by atoms with Gasteiger partial charge in [-0.15, -0.1) is 0 Å². The van der Waals surface area contributed by atoms with Crippen LogP contribution in [0.15, 0.2) is 5.16 Å². The van der Waals surface area contributed by atoms with Crippen LogP contribution in [0.2, 0.25) is 0 Å². The largest absolute Gasteiger partial charge is 0.479 e. The van der Waals surface area contributed by atoms with Crippen LogP contribution in [0.4, 0.5) is 0 Å². The SMILES string of the molecule is O=C(O)CON=C1CC2C1CC(CCC(O)C1CCCC1)C2O. The van der Waals surface area contributed by atoms with E-state index in [4.69, 9.17) is 9.94 Å². The molecule has 130 valence electrons. The van der Waals surface area contributed by atoms with E-state index in [1.54, 1.807) is 0 Å². The first kappa shape index (κ1) is 16.7. The lowest BCUT2D eigenvalue weighted by Crippen LogP contribution is -2.38. The number of aliphatic carboxylic acids is 1. The topological polar surface area (TPSA) is 99.4 Å². The minimum Gasteiger partial charge on any atom is -0.479 e. The van der Waals surface area contributed by atoms with Gasteiger partial charge < -0.3 is 20.2 Å². The highest BCUT2D eigenvalue weighted by Gasteiger charge is 2.51. The van der Waals surface area contributed by atoms with Gasteiger partial charge in [0, 0.05) is 5.92 Å². The summed E-state index contributed by atoms with van der Waals surface area (Å²) in [5.74, 6) is 0.0960. The molecule has 0 aromatic rings. The van der Waals surface area contributed by atoms with Crippen molar-refractivity contribution in [3.8, 4) is 0 Å². The summed E-state index contributed by atoms with van der Waals surface area (Å²) >= 11 is 0. The molecule has 5 unspecified atom stereocenters. The molecule has 0 heterocycles. The Morgan fingerprint density at radius 3 is 2.78 bits per heavy atom. The van der Waals surface area contributed by atoms with Crippen molar-refractivity contribution >= 4 is 11.7 Å². The van der Waals surface area contributed by atoms with Crippen LogP contribution in [-0.4, -0.2) is 45.8 Å². The Morgan fingerprint density at radius 2 is 2.09 bits per heavy atom. The van der Waals surface area contributed by atoms with Gasteiger partial charge in [0.25, 0.3) is 0 Å². The third-order valence-corrected chi connectivity index (χ3v) is 6.02. The molecular formula is C17H27NO5. The Morgan fingerprint density at radius 1 is 1.35 bits per heavy atom. The van der Waals surface area contributed by atoms with Crippen LogP contribution in [0.1, 0.15) is 51.4 Å². The summed E-state index contributed by atoms with van der Waals surface area (Å²) in [5, 5.41) is 33.2. The van der Waals surface area contributed by atoms with E-state index in [9.17, 15) is 15.0 Å². The van der Waals surface area contributed by atoms with Crippen LogP contribution >= 0.6 is 0 Å². The van der Waals surface area contributed by atoms with Crippen LogP contribution < -0.4 is 0 Å². The second kappa shape index (κ2) is 7.18. The Bertz CT molecular complexity index is 460. The number of hydrogen-bond donors (Lipinski definition) is 3. The maximum absolute atomic E-state index is 10.4. The third kappa shape index (κ3) is 3.69. The molecule has 0 aromatic carbocycles. The molecule has 0 bridgehead atoms. The number of carboxylic acids is 1. The quantitative estimate of drug-likeness (QED) is 0.620. The van der Waals surface area contributed by atoms with Crippen LogP contribution in [0.25, 0.3) is 0 Å². The molecular weight excluding hydrogens is 298 g/mol. The first-order valence-corrected chi connectivity index (χ1v) is 8.83. The fourth-order valence-electron chi connectivity index (χ4n) is 4.63. The van der Waals surface area contributed by atoms with E-state index < -0.39 is 12.6 Å². The number of carbonyl (C=O) groups is 1. The summed E-state index contributed by atoms with van der Waals surface area (Å²) in [6, 6.07) is 0. The van der Waals surface area contributed by atoms with Crippen molar-refractivity contribution in [3.63, 3.8) is 0 Å². The minimum atomic E-state index is -1.03. The lowest BCUT2D eigenvalue weighted by atomic mass is 9.73. The van der Waals surface area contributed by atoms with Gasteiger partial charge in [-0.3, -0.25) is 0 Å². The number of rotatable bonds is 7. The number of hydrogen-bond acceptors (Lipinski definition) is 5. The lowest BCUT2D eigenvalue weighted by molar-refractivity contribution is -0.142. The molecule has 3 aliphatic carbocycles. The molecule has 0 amide bonds. The van der Waals surface area contributed by atoms with E-state index in [0.717, 1.165) is 37.8 Å². The molecule has 5 atom stereocenters. The van der Waals surface area contributed by atoms with Crippen molar-refractivity contribution in [2.45, 2.75) is 63.6 Å². The Balaban J connectivity index is 1.45. The van der Waals surface area contributed by atoms with Gasteiger partial charge in [0.05, 0.1) is 17.9 Å². The number of oxime groups is 1. The van der Waals surface area contributed by atoms with E-state index in [0.29, 0.717) is 12.3 Å². The number of fused-ring (bicyclic) bond motifs is 1. The average Bonchev–Trinajstić information content (AvgIpc) is 3.10. The third-order valence-electron chi connectivity index (χ3n) is 6.02. The van der Waals surface area contributed by atoms with Crippen molar-refractivity contribution in [2.24, 2.45) is 28.8 Å². The molecule has 6 heteroatoms. The van der Waals surface area contributed by atoms with Gasteiger partial charge in [0.2, 0.25) is 6.61 Å². The zero-order valence-corrected chi connectivity index (χ0v) is 13.4. The Labute approximate surface area is 136 Å². The molecule has 3 aliphatic rings. The highest BCUT2D eigenvalue weighted by atomic mass is 16.6. The van der Waals surface area contributed by atoms with Crippen LogP contribution in [0, 0.1) is 23.7 Å². The molecule has 3 N–H and O–H groups in total. The molecule has 0 radical (unpaired) electrons. The number of carboxylic acid groups (broad SMARTS) is 1. The van der Waals surface area contributed by atoms with Gasteiger partial charge in [0.1, 0.15) is 0 Å². The Hall–Kier alpha value is -1.14. The standard InChI is InChI=1S/C17H27NO5/c19-15(10-3-1-2-4-10)6-5-11-7-12-13(17(11)22)8-14(12)18-23-9-16(20)21/h10-13,15,17,19,22H,1-9H2,(H,20,21). The van der Waals surface area contributed by atoms with Gasteiger partial charge in [-0.25, -0.2) is 4.79 Å². The average molecular weight is 325 g/mol. The molecule has 6 nitrogen and oxygen atoms in total. The number of nitrogens with zero attached hydrogens (tertiary/aromatic N) is 1. The molecule has 0 aromatic heterocycles. The van der Waals surface area contributed by atoms with E-state index in [1.807, 2.05) is 0 Å². The van der Waals surface area contributed by atoms with Crippen molar-refractivity contribution < 1.29 is 25.0 Å². The number of aliphatic hydroxyl groups is 2. The minimum absolute atomic E-state index is 0.216. The molecule has 3 saturated carbocycles. The first-order valence-electron chi connectivity index (χ1n) is 8.83. The zero-order chi connectivity index (χ0) is 16.4. The molecule has 0 saturated heterocycles. The second-order valence-corrected chi connectivity index (χ2v) is 7.40.